The maximum atomic E-state index is 13.2. The normalized spacial score (nSPS) is 11.6. The van der Waals surface area contributed by atoms with Crippen LogP contribution in [0.4, 0.5) is 5.69 Å². The maximum absolute atomic E-state index is 13.2. The number of rotatable bonds is 6. The summed E-state index contributed by atoms with van der Waals surface area (Å²) in [6.45, 7) is 2.01. The first kappa shape index (κ1) is 21.5. The van der Waals surface area contributed by atoms with E-state index in [0.717, 1.165) is 16.7 Å². The van der Waals surface area contributed by atoms with Gasteiger partial charge < -0.3 is 10.2 Å². The number of aromatic nitrogens is 1. The Balaban J connectivity index is 1.50. The van der Waals surface area contributed by atoms with E-state index in [1.807, 2.05) is 48.7 Å². The van der Waals surface area contributed by atoms with Crippen LogP contribution in [0.25, 0.3) is 11.1 Å². The Morgan fingerprint density at radius 3 is 2.47 bits per heavy atom. The quantitative estimate of drug-likeness (QED) is 0.405. The number of nitrogens with one attached hydrogen (secondary N) is 1. The molecule has 2 amide bonds. The summed E-state index contributed by atoms with van der Waals surface area (Å²) in [5, 5.41) is 4.72. The minimum absolute atomic E-state index is 0.112. The molecule has 1 atom stereocenters. The van der Waals surface area contributed by atoms with E-state index >= 15 is 0 Å². The van der Waals surface area contributed by atoms with Gasteiger partial charge in [0.1, 0.15) is 0 Å². The van der Waals surface area contributed by atoms with Crippen molar-refractivity contribution < 1.29 is 9.59 Å². The van der Waals surface area contributed by atoms with Gasteiger partial charge >= 0.3 is 0 Å². The van der Waals surface area contributed by atoms with E-state index < -0.39 is 0 Å². The largest absolute Gasteiger partial charge is 0.335 e. The molecular formula is C26H23N3O2S. The minimum Gasteiger partial charge on any atom is -0.335 e. The number of benzene rings is 2. The van der Waals surface area contributed by atoms with Gasteiger partial charge in [-0.3, -0.25) is 14.6 Å². The number of amides is 2. The van der Waals surface area contributed by atoms with Gasteiger partial charge in [0.15, 0.2) is 0 Å². The first-order valence-electron chi connectivity index (χ1n) is 10.3. The lowest BCUT2D eigenvalue weighted by Gasteiger charge is -2.26. The van der Waals surface area contributed by atoms with Crippen molar-refractivity contribution in [3.8, 4) is 11.1 Å². The third kappa shape index (κ3) is 4.76. The molecule has 0 saturated carbocycles. The highest BCUT2D eigenvalue weighted by atomic mass is 32.1. The molecule has 2 heterocycles. The average Bonchev–Trinajstić information content (AvgIpc) is 3.39. The van der Waals surface area contributed by atoms with Crippen LogP contribution in [-0.4, -0.2) is 28.7 Å². The number of thiophene rings is 1. The van der Waals surface area contributed by atoms with Crippen molar-refractivity contribution >= 4 is 28.8 Å². The summed E-state index contributed by atoms with van der Waals surface area (Å²) in [5.41, 5.74) is 4.31. The highest BCUT2D eigenvalue weighted by molar-refractivity contribution is 7.12. The van der Waals surface area contributed by atoms with Gasteiger partial charge in [-0.25, -0.2) is 0 Å². The van der Waals surface area contributed by atoms with Crippen molar-refractivity contribution in [2.75, 3.05) is 12.4 Å². The van der Waals surface area contributed by atoms with E-state index in [1.165, 1.54) is 11.3 Å². The van der Waals surface area contributed by atoms with E-state index in [-0.39, 0.29) is 17.9 Å². The molecule has 4 aromatic rings. The SMILES string of the molecule is CC(c1cccc(-c2ccncc2)c1)N(C)C(=O)c1cccc(NC(=O)c2cccs2)c1. The predicted molar refractivity (Wildman–Crippen MR) is 129 cm³/mol. The van der Waals surface area contributed by atoms with Gasteiger partial charge in [-0.2, -0.15) is 0 Å². The van der Waals surface area contributed by atoms with Crippen LogP contribution >= 0.6 is 11.3 Å². The fourth-order valence-electron chi connectivity index (χ4n) is 3.46. The van der Waals surface area contributed by atoms with Crippen LogP contribution in [0.3, 0.4) is 0 Å². The summed E-state index contributed by atoms with van der Waals surface area (Å²) in [5.74, 6) is -0.293. The zero-order valence-electron chi connectivity index (χ0n) is 17.9. The van der Waals surface area contributed by atoms with E-state index in [0.29, 0.717) is 16.1 Å². The van der Waals surface area contributed by atoms with Crippen LogP contribution < -0.4 is 5.32 Å². The number of anilines is 1. The molecule has 2 aromatic carbocycles. The zero-order valence-corrected chi connectivity index (χ0v) is 18.7. The molecule has 0 aliphatic carbocycles. The summed E-state index contributed by atoms with van der Waals surface area (Å²) in [4.78, 5) is 31.9. The van der Waals surface area contributed by atoms with E-state index in [9.17, 15) is 9.59 Å². The molecule has 0 radical (unpaired) electrons. The Bertz CT molecular complexity index is 1220. The summed E-state index contributed by atoms with van der Waals surface area (Å²) >= 11 is 1.38. The molecule has 0 aliphatic rings. The lowest BCUT2D eigenvalue weighted by atomic mass is 10.00. The average molecular weight is 442 g/mol. The second-order valence-corrected chi connectivity index (χ2v) is 8.41. The Morgan fingerprint density at radius 1 is 0.938 bits per heavy atom. The third-order valence-corrected chi connectivity index (χ3v) is 6.26. The Labute approximate surface area is 191 Å². The lowest BCUT2D eigenvalue weighted by Crippen LogP contribution is -2.29. The maximum Gasteiger partial charge on any atom is 0.265 e. The summed E-state index contributed by atoms with van der Waals surface area (Å²) in [6, 6.07) is 22.6. The molecule has 0 saturated heterocycles. The van der Waals surface area contributed by atoms with Crippen LogP contribution in [-0.2, 0) is 0 Å². The molecule has 0 spiro atoms. The van der Waals surface area contributed by atoms with Gasteiger partial charge in [0.25, 0.3) is 11.8 Å². The summed E-state index contributed by atoms with van der Waals surface area (Å²) < 4.78 is 0. The van der Waals surface area contributed by atoms with Gasteiger partial charge in [-0.15, -0.1) is 11.3 Å². The second kappa shape index (κ2) is 9.58. The van der Waals surface area contributed by atoms with Crippen molar-refractivity contribution in [1.82, 2.24) is 9.88 Å². The Hall–Kier alpha value is -3.77. The molecule has 4 rings (SSSR count). The van der Waals surface area contributed by atoms with Gasteiger partial charge in [0.05, 0.1) is 10.9 Å². The van der Waals surface area contributed by atoms with Crippen molar-refractivity contribution in [2.24, 2.45) is 0 Å². The fraction of sp³-hybridized carbons (Fsp3) is 0.115. The third-order valence-electron chi connectivity index (χ3n) is 5.40. The fourth-order valence-corrected chi connectivity index (χ4v) is 4.07. The second-order valence-electron chi connectivity index (χ2n) is 7.47. The number of hydrogen-bond donors (Lipinski definition) is 1. The molecule has 32 heavy (non-hydrogen) atoms. The van der Waals surface area contributed by atoms with Crippen molar-refractivity contribution in [3.63, 3.8) is 0 Å². The molecule has 0 fully saturated rings. The van der Waals surface area contributed by atoms with Crippen LogP contribution in [0.15, 0.2) is 90.6 Å². The molecule has 0 bridgehead atoms. The lowest BCUT2D eigenvalue weighted by molar-refractivity contribution is 0.0742. The number of pyridine rings is 1. The Morgan fingerprint density at radius 2 is 1.72 bits per heavy atom. The first-order valence-corrected chi connectivity index (χ1v) is 11.1. The summed E-state index contributed by atoms with van der Waals surface area (Å²) in [7, 11) is 1.79. The molecule has 6 heteroatoms. The van der Waals surface area contributed by atoms with E-state index in [4.69, 9.17) is 0 Å². The van der Waals surface area contributed by atoms with E-state index in [2.05, 4.69) is 16.4 Å². The molecule has 2 aromatic heterocycles. The van der Waals surface area contributed by atoms with Crippen LogP contribution in [0.5, 0.6) is 0 Å². The van der Waals surface area contributed by atoms with Gasteiger partial charge in [-0.05, 0) is 71.5 Å². The topological polar surface area (TPSA) is 62.3 Å². The van der Waals surface area contributed by atoms with Crippen molar-refractivity contribution in [2.45, 2.75) is 13.0 Å². The predicted octanol–water partition coefficient (Wildman–Crippen LogP) is 5.90. The van der Waals surface area contributed by atoms with Crippen molar-refractivity contribution in [1.29, 1.82) is 0 Å². The van der Waals surface area contributed by atoms with Gasteiger partial charge in [0.2, 0.25) is 0 Å². The highest BCUT2D eigenvalue weighted by Crippen LogP contribution is 2.26. The van der Waals surface area contributed by atoms with Crippen LogP contribution in [0.1, 0.15) is 38.6 Å². The first-order chi connectivity index (χ1) is 15.5. The molecule has 5 nitrogen and oxygen atoms in total. The highest BCUT2D eigenvalue weighted by Gasteiger charge is 2.20. The molecule has 1 N–H and O–H groups in total. The minimum atomic E-state index is -0.181. The molecule has 160 valence electrons. The van der Waals surface area contributed by atoms with Crippen LogP contribution in [0, 0.1) is 0 Å². The Kier molecular flexibility index (Phi) is 6.42. The number of carbonyl (C=O) groups excluding carboxylic acids is 2. The molecule has 0 aliphatic heterocycles. The number of carbonyl (C=O) groups is 2. The van der Waals surface area contributed by atoms with Gasteiger partial charge in [-0.1, -0.05) is 30.3 Å². The summed E-state index contributed by atoms with van der Waals surface area (Å²) in [6.07, 6.45) is 3.54. The molecule has 1 unspecified atom stereocenters. The van der Waals surface area contributed by atoms with Crippen LogP contribution in [0.2, 0.25) is 0 Å². The van der Waals surface area contributed by atoms with E-state index in [1.54, 1.807) is 54.7 Å². The smallest absolute Gasteiger partial charge is 0.265 e. The molecular weight excluding hydrogens is 418 g/mol. The number of hydrogen-bond acceptors (Lipinski definition) is 4. The number of nitrogens with zero attached hydrogens (tertiary/aromatic N) is 2. The van der Waals surface area contributed by atoms with Gasteiger partial charge in [0, 0.05) is 30.7 Å². The zero-order chi connectivity index (χ0) is 22.5. The monoisotopic (exact) mass is 441 g/mol. The standard InChI is InChI=1S/C26H23N3O2S/c1-18(20-6-3-7-21(16-20)19-11-13-27-14-12-19)29(2)26(31)22-8-4-9-23(17-22)28-25(30)24-10-5-15-32-24/h3-18H,1-2H3,(H,28,30). The van der Waals surface area contributed by atoms with Crippen molar-refractivity contribution in [3.05, 3.63) is 107 Å².